The number of hydrogen-bond donors (Lipinski definition) is 2. The molecule has 2 amide bonds. The molecule has 286 valence electrons. The average molecular weight is 769 g/mol. The van der Waals surface area contributed by atoms with Crippen molar-refractivity contribution in [2.75, 3.05) is 64.2 Å². The van der Waals surface area contributed by atoms with E-state index in [2.05, 4.69) is 107 Å². The second-order valence-electron chi connectivity index (χ2n) is 13.5. The van der Waals surface area contributed by atoms with Gasteiger partial charge in [0.2, 0.25) is 11.8 Å². The normalized spacial score (nSPS) is 12.5. The summed E-state index contributed by atoms with van der Waals surface area (Å²) >= 11 is 0. The maximum Gasteiger partial charge on any atom is 0.250 e. The lowest BCUT2D eigenvalue weighted by molar-refractivity contribution is -0.671. The summed E-state index contributed by atoms with van der Waals surface area (Å²) in [4.78, 5) is 33.6. The van der Waals surface area contributed by atoms with Crippen molar-refractivity contribution in [2.24, 2.45) is 25.6 Å². The molecule has 10 nitrogen and oxygen atoms in total. The molecule has 0 aliphatic carbocycles. The van der Waals surface area contributed by atoms with Gasteiger partial charge in [-0.3, -0.25) is 9.59 Å². The molecule has 2 atom stereocenters. The van der Waals surface area contributed by atoms with E-state index in [1.165, 1.54) is 0 Å². The van der Waals surface area contributed by atoms with Crippen LogP contribution in [0.25, 0.3) is 24.3 Å². The van der Waals surface area contributed by atoms with Gasteiger partial charge in [0.1, 0.15) is 24.8 Å². The Bertz CT molecular complexity index is 1680. The summed E-state index contributed by atoms with van der Waals surface area (Å²) in [6, 6.07) is 25.2. The van der Waals surface area contributed by atoms with Gasteiger partial charge in [-0.25, -0.2) is 9.13 Å². The topological polar surface area (TPSA) is 107 Å². The Balaban J connectivity index is 1.10. The fraction of sp³-hybridized carbons (Fsp3) is 0.333. The number of nitrogens with zero attached hydrogens (tertiary/aromatic N) is 6. The molecule has 4 N–H and O–H groups in total. The highest BCUT2D eigenvalue weighted by atomic mass is 33.1. The van der Waals surface area contributed by atoms with Crippen molar-refractivity contribution >= 4 is 69.1 Å². The molecule has 2 aromatic heterocycles. The molecule has 0 aliphatic heterocycles. The molecule has 0 saturated heterocycles. The van der Waals surface area contributed by atoms with Gasteiger partial charge in [0, 0.05) is 90.0 Å². The molecular formula is C42H56N8O2S2+2. The lowest BCUT2D eigenvalue weighted by Gasteiger charge is -2.25. The van der Waals surface area contributed by atoms with Crippen LogP contribution in [0.2, 0.25) is 0 Å². The Morgan fingerprint density at radius 2 is 0.833 bits per heavy atom. The zero-order valence-corrected chi connectivity index (χ0v) is 34.0. The molecule has 0 aliphatic rings. The Morgan fingerprint density at radius 3 is 1.15 bits per heavy atom. The number of amides is 2. The molecule has 12 heteroatoms. The van der Waals surface area contributed by atoms with Crippen LogP contribution in [0.3, 0.4) is 0 Å². The second-order valence-corrected chi connectivity index (χ2v) is 16.1. The number of anilines is 2. The van der Waals surface area contributed by atoms with Gasteiger partial charge in [0.05, 0.1) is 0 Å². The number of carbonyl (C=O) groups is 2. The van der Waals surface area contributed by atoms with Crippen LogP contribution < -0.4 is 30.4 Å². The van der Waals surface area contributed by atoms with Crippen molar-refractivity contribution in [3.05, 3.63) is 120 Å². The van der Waals surface area contributed by atoms with Gasteiger partial charge in [-0.1, -0.05) is 70.2 Å². The molecule has 2 heterocycles. The Labute approximate surface area is 329 Å². The fourth-order valence-corrected chi connectivity index (χ4v) is 7.49. The van der Waals surface area contributed by atoms with Gasteiger partial charge >= 0.3 is 0 Å². The highest BCUT2D eigenvalue weighted by Gasteiger charge is 2.24. The first-order chi connectivity index (χ1) is 25.9. The van der Waals surface area contributed by atoms with E-state index in [-0.39, 0.29) is 11.8 Å². The number of aryl methyl sites for hydroxylation is 2. The largest absolute Gasteiger partial charge is 0.375 e. The van der Waals surface area contributed by atoms with E-state index in [1.54, 1.807) is 23.9 Å². The van der Waals surface area contributed by atoms with E-state index >= 15 is 0 Å². The van der Waals surface area contributed by atoms with Gasteiger partial charge in [0.15, 0.2) is 24.8 Å². The van der Waals surface area contributed by atoms with Crippen LogP contribution in [0.15, 0.2) is 97.6 Å². The third-order valence-electron chi connectivity index (χ3n) is 9.09. The number of likely N-dealkylation sites (N-methyl/N-ethyl adjacent to an activating group) is 2. The number of nitrogens with two attached hydrogens (primary N) is 2. The number of rotatable bonds is 19. The SMILES string of the molecule is CN(CCCN(C)c1ccc(/C=C/c2cc[n+](C)cc2)cc1)C(=O)C(N)SSC(N)C(=O)N(C)CCCN(C)c1ccc(/C=C/c2cc[n+](C)cc2)cc1. The van der Waals surface area contributed by atoms with E-state index in [1.807, 2.05) is 62.1 Å². The van der Waals surface area contributed by atoms with E-state index in [0.29, 0.717) is 13.1 Å². The van der Waals surface area contributed by atoms with Crippen LogP contribution in [-0.4, -0.2) is 86.7 Å². The van der Waals surface area contributed by atoms with Gasteiger partial charge in [-0.05, 0) is 59.4 Å². The molecule has 0 saturated carbocycles. The Hall–Kier alpha value is -4.62. The average Bonchev–Trinajstić information content (AvgIpc) is 3.18. The van der Waals surface area contributed by atoms with Crippen LogP contribution in [0.5, 0.6) is 0 Å². The third-order valence-corrected chi connectivity index (χ3v) is 11.6. The van der Waals surface area contributed by atoms with Crippen molar-refractivity contribution in [3.63, 3.8) is 0 Å². The van der Waals surface area contributed by atoms with E-state index in [9.17, 15) is 9.59 Å². The number of aromatic nitrogens is 2. The van der Waals surface area contributed by atoms with Crippen molar-refractivity contribution in [1.82, 2.24) is 9.80 Å². The standard InChI is InChI=1S/C42H56N8O2S2/c1-45-29-21-35(22-30-45)11-9-33-13-17-37(18-14-33)47(3)25-7-27-49(5)41(51)39(43)53-54-40(44)42(52)50(6)28-8-26-48(4)38-19-15-34(16-20-38)10-12-36-23-31-46(2)32-24-36/h9-24,29-32,39-40H,7-8,25-28,43-44H2,1-6H3/q+2. The maximum atomic E-state index is 13.0. The molecular weight excluding hydrogens is 713 g/mol. The molecule has 0 radical (unpaired) electrons. The first-order valence-electron chi connectivity index (χ1n) is 18.1. The van der Waals surface area contributed by atoms with Crippen molar-refractivity contribution in [3.8, 4) is 0 Å². The van der Waals surface area contributed by atoms with Crippen LogP contribution in [-0.2, 0) is 23.7 Å². The number of pyridine rings is 2. The van der Waals surface area contributed by atoms with E-state index in [0.717, 1.165) is 81.1 Å². The monoisotopic (exact) mass is 768 g/mol. The minimum atomic E-state index is -0.821. The zero-order chi connectivity index (χ0) is 39.0. The summed E-state index contributed by atoms with van der Waals surface area (Å²) < 4.78 is 4.02. The highest BCUT2D eigenvalue weighted by Crippen LogP contribution is 2.28. The summed E-state index contributed by atoms with van der Waals surface area (Å²) in [7, 11) is 13.9. The minimum Gasteiger partial charge on any atom is -0.375 e. The van der Waals surface area contributed by atoms with Gasteiger partial charge in [-0.2, -0.15) is 0 Å². The molecule has 0 fully saturated rings. The fourth-order valence-electron chi connectivity index (χ4n) is 5.52. The van der Waals surface area contributed by atoms with Crippen LogP contribution in [0.4, 0.5) is 11.4 Å². The van der Waals surface area contributed by atoms with Crippen molar-refractivity contribution < 1.29 is 18.7 Å². The lowest BCUT2D eigenvalue weighted by Crippen LogP contribution is -2.42. The minimum absolute atomic E-state index is 0.191. The van der Waals surface area contributed by atoms with Crippen molar-refractivity contribution in [2.45, 2.75) is 23.6 Å². The first kappa shape index (κ1) is 42.1. The predicted octanol–water partition coefficient (Wildman–Crippen LogP) is 4.90. The number of hydrogen-bond acceptors (Lipinski definition) is 8. The first-order valence-corrected chi connectivity index (χ1v) is 20.4. The van der Waals surface area contributed by atoms with Gasteiger partial charge in [0.25, 0.3) is 0 Å². The number of carbonyl (C=O) groups excluding carboxylic acids is 2. The molecule has 54 heavy (non-hydrogen) atoms. The molecule has 4 aromatic rings. The maximum absolute atomic E-state index is 13.0. The summed E-state index contributed by atoms with van der Waals surface area (Å²) in [6.07, 6.45) is 18.1. The third kappa shape index (κ3) is 13.7. The Kier molecular flexibility index (Phi) is 16.6. The molecule has 0 spiro atoms. The van der Waals surface area contributed by atoms with Crippen LogP contribution in [0, 0.1) is 0 Å². The second kappa shape index (κ2) is 21.3. The molecule has 4 rings (SSSR count). The molecule has 2 aromatic carbocycles. The quantitative estimate of drug-likeness (QED) is 0.0790. The summed E-state index contributed by atoms with van der Waals surface area (Å²) in [5, 5.41) is -1.64. The molecule has 2 unspecified atom stereocenters. The van der Waals surface area contributed by atoms with E-state index < -0.39 is 10.7 Å². The molecule has 0 bridgehead atoms. The summed E-state index contributed by atoms with van der Waals surface area (Å²) in [6.45, 7) is 2.69. The van der Waals surface area contributed by atoms with Gasteiger partial charge in [-0.15, -0.1) is 0 Å². The lowest BCUT2D eigenvalue weighted by atomic mass is 10.1. The Morgan fingerprint density at radius 1 is 0.537 bits per heavy atom. The highest BCUT2D eigenvalue weighted by molar-refractivity contribution is 8.77. The zero-order valence-electron chi connectivity index (χ0n) is 32.4. The van der Waals surface area contributed by atoms with Crippen LogP contribution in [0.1, 0.15) is 35.1 Å². The van der Waals surface area contributed by atoms with E-state index in [4.69, 9.17) is 11.5 Å². The van der Waals surface area contributed by atoms with Crippen LogP contribution >= 0.6 is 21.6 Å². The van der Waals surface area contributed by atoms with Crippen molar-refractivity contribution in [1.29, 1.82) is 0 Å². The number of benzene rings is 2. The smallest absolute Gasteiger partial charge is 0.250 e. The summed E-state index contributed by atoms with van der Waals surface area (Å²) in [5.41, 5.74) is 19.2. The van der Waals surface area contributed by atoms with Gasteiger partial charge < -0.3 is 31.1 Å². The predicted molar refractivity (Wildman–Crippen MR) is 228 cm³/mol. The summed E-state index contributed by atoms with van der Waals surface area (Å²) in [5.74, 6) is -0.381.